The van der Waals surface area contributed by atoms with Gasteiger partial charge in [-0.2, -0.15) is 11.3 Å². The Hall–Kier alpha value is -2.14. The predicted octanol–water partition coefficient (Wildman–Crippen LogP) is 3.49. The summed E-state index contributed by atoms with van der Waals surface area (Å²) in [6.07, 6.45) is 0.197. The van der Waals surface area contributed by atoms with Gasteiger partial charge in [-0.3, -0.25) is 4.79 Å². The van der Waals surface area contributed by atoms with Crippen molar-refractivity contribution in [1.29, 1.82) is 0 Å². The summed E-state index contributed by atoms with van der Waals surface area (Å²) in [5, 5.41) is 6.69. The highest BCUT2D eigenvalue weighted by molar-refractivity contribution is 7.08. The molecule has 21 heavy (non-hydrogen) atoms. The van der Waals surface area contributed by atoms with Crippen LogP contribution in [0.25, 0.3) is 0 Å². The monoisotopic (exact) mass is 303 g/mol. The van der Waals surface area contributed by atoms with Crippen molar-refractivity contribution in [1.82, 2.24) is 0 Å². The highest BCUT2D eigenvalue weighted by atomic mass is 32.1. The van der Waals surface area contributed by atoms with Crippen LogP contribution < -0.4 is 5.32 Å². The van der Waals surface area contributed by atoms with Crippen molar-refractivity contribution in [3.8, 4) is 0 Å². The molecule has 0 radical (unpaired) electrons. The number of carbonyl (C=O) groups excluding carboxylic acids is 2. The number of ether oxygens (including phenoxy) is 1. The number of amides is 1. The molecule has 5 heteroatoms. The van der Waals surface area contributed by atoms with Crippen LogP contribution in [0.4, 0.5) is 5.69 Å². The Morgan fingerprint density at radius 1 is 1.19 bits per heavy atom. The molecule has 0 aliphatic carbocycles. The number of rotatable bonds is 5. The van der Waals surface area contributed by atoms with E-state index in [9.17, 15) is 9.59 Å². The topological polar surface area (TPSA) is 55.4 Å². The van der Waals surface area contributed by atoms with E-state index in [4.69, 9.17) is 4.74 Å². The van der Waals surface area contributed by atoms with Crippen LogP contribution in [-0.4, -0.2) is 18.0 Å². The Morgan fingerprint density at radius 3 is 2.48 bits per heavy atom. The van der Waals surface area contributed by atoms with Gasteiger partial charge in [0, 0.05) is 5.69 Å². The number of benzene rings is 1. The number of anilines is 1. The van der Waals surface area contributed by atoms with E-state index in [0.717, 1.165) is 5.56 Å². The maximum absolute atomic E-state index is 11.8. The zero-order valence-electron chi connectivity index (χ0n) is 12.0. The van der Waals surface area contributed by atoms with Crippen LogP contribution in [0.5, 0.6) is 0 Å². The van der Waals surface area contributed by atoms with Crippen LogP contribution in [0, 0.1) is 0 Å². The smallest absolute Gasteiger partial charge is 0.338 e. The average molecular weight is 303 g/mol. The average Bonchev–Trinajstić information content (AvgIpc) is 2.91. The maximum atomic E-state index is 11.8. The molecule has 1 aromatic heterocycles. The molecule has 1 heterocycles. The third-order valence-electron chi connectivity index (χ3n) is 2.69. The van der Waals surface area contributed by atoms with Gasteiger partial charge < -0.3 is 10.1 Å². The van der Waals surface area contributed by atoms with E-state index in [1.807, 2.05) is 16.8 Å². The molecule has 0 saturated carbocycles. The SMILES string of the molecule is CC(C)OC(=O)c1ccc(NC(=O)Cc2ccsc2)cc1. The van der Waals surface area contributed by atoms with Crippen LogP contribution in [0.2, 0.25) is 0 Å². The summed E-state index contributed by atoms with van der Waals surface area (Å²) in [6, 6.07) is 8.61. The van der Waals surface area contributed by atoms with Gasteiger partial charge in [0.15, 0.2) is 0 Å². The Kier molecular flexibility index (Phi) is 5.11. The minimum Gasteiger partial charge on any atom is -0.459 e. The summed E-state index contributed by atoms with van der Waals surface area (Å²) in [6.45, 7) is 3.61. The van der Waals surface area contributed by atoms with Gasteiger partial charge in [0.2, 0.25) is 5.91 Å². The maximum Gasteiger partial charge on any atom is 0.338 e. The van der Waals surface area contributed by atoms with Crippen molar-refractivity contribution in [2.75, 3.05) is 5.32 Å². The third kappa shape index (κ3) is 4.72. The van der Waals surface area contributed by atoms with Crippen LogP contribution in [0.3, 0.4) is 0 Å². The Bertz CT molecular complexity index is 603. The highest BCUT2D eigenvalue weighted by Gasteiger charge is 2.09. The number of hydrogen-bond acceptors (Lipinski definition) is 4. The first-order valence-corrected chi connectivity index (χ1v) is 7.61. The van der Waals surface area contributed by atoms with Crippen molar-refractivity contribution >= 4 is 28.9 Å². The summed E-state index contributed by atoms with van der Waals surface area (Å²) in [4.78, 5) is 23.5. The molecule has 2 rings (SSSR count). The summed E-state index contributed by atoms with van der Waals surface area (Å²) < 4.78 is 5.10. The van der Waals surface area contributed by atoms with Crippen LogP contribution >= 0.6 is 11.3 Å². The van der Waals surface area contributed by atoms with Crippen molar-refractivity contribution < 1.29 is 14.3 Å². The first kappa shape index (κ1) is 15.3. The first-order chi connectivity index (χ1) is 10.0. The van der Waals surface area contributed by atoms with Crippen LogP contribution in [0.1, 0.15) is 29.8 Å². The molecule has 1 amide bonds. The summed E-state index contributed by atoms with van der Waals surface area (Å²) in [5.41, 5.74) is 2.13. The predicted molar refractivity (Wildman–Crippen MR) is 83.6 cm³/mol. The zero-order valence-corrected chi connectivity index (χ0v) is 12.8. The molecule has 0 spiro atoms. The Morgan fingerprint density at radius 2 is 1.90 bits per heavy atom. The van der Waals surface area contributed by atoms with Gasteiger partial charge in [-0.1, -0.05) is 0 Å². The van der Waals surface area contributed by atoms with Crippen molar-refractivity contribution in [3.63, 3.8) is 0 Å². The molecule has 0 atom stereocenters. The summed E-state index contributed by atoms with van der Waals surface area (Å²) >= 11 is 1.57. The van der Waals surface area contributed by atoms with Crippen molar-refractivity contribution in [2.45, 2.75) is 26.4 Å². The van der Waals surface area contributed by atoms with E-state index >= 15 is 0 Å². The Labute approximate surface area is 127 Å². The first-order valence-electron chi connectivity index (χ1n) is 6.66. The number of carbonyl (C=O) groups is 2. The normalized spacial score (nSPS) is 10.4. The lowest BCUT2D eigenvalue weighted by molar-refractivity contribution is -0.115. The van der Waals surface area contributed by atoms with Crippen LogP contribution in [-0.2, 0) is 16.0 Å². The number of nitrogens with one attached hydrogen (secondary N) is 1. The second-order valence-corrected chi connectivity index (χ2v) is 5.67. The molecule has 0 aliphatic heterocycles. The van der Waals surface area contributed by atoms with Gasteiger partial charge in [-0.15, -0.1) is 0 Å². The molecule has 2 aromatic rings. The molecular formula is C16H17NO3S. The number of esters is 1. The van der Waals surface area contributed by atoms with E-state index in [2.05, 4.69) is 5.32 Å². The fourth-order valence-electron chi connectivity index (χ4n) is 1.76. The van der Waals surface area contributed by atoms with Gasteiger partial charge >= 0.3 is 5.97 Å². The van der Waals surface area contributed by atoms with Crippen LogP contribution in [0.15, 0.2) is 41.1 Å². The minimum absolute atomic E-state index is 0.0779. The molecule has 1 N–H and O–H groups in total. The molecule has 0 saturated heterocycles. The van der Waals surface area contributed by atoms with Gasteiger partial charge in [0.05, 0.1) is 18.1 Å². The van der Waals surface area contributed by atoms with Crippen molar-refractivity contribution in [3.05, 3.63) is 52.2 Å². The summed E-state index contributed by atoms with van der Waals surface area (Å²) in [5.74, 6) is -0.438. The van der Waals surface area contributed by atoms with Gasteiger partial charge in [-0.05, 0) is 60.5 Å². The zero-order chi connectivity index (χ0) is 15.2. The third-order valence-corrected chi connectivity index (χ3v) is 3.42. The number of thiophene rings is 1. The molecule has 0 unspecified atom stereocenters. The van der Waals surface area contributed by atoms with E-state index in [1.54, 1.807) is 49.4 Å². The lowest BCUT2D eigenvalue weighted by Gasteiger charge is -2.09. The molecule has 110 valence electrons. The van der Waals surface area contributed by atoms with Gasteiger partial charge in [0.1, 0.15) is 0 Å². The molecule has 1 aromatic carbocycles. The minimum atomic E-state index is -0.360. The number of hydrogen-bond donors (Lipinski definition) is 1. The summed E-state index contributed by atoms with van der Waals surface area (Å²) in [7, 11) is 0. The molecule has 0 fully saturated rings. The lowest BCUT2D eigenvalue weighted by atomic mass is 10.2. The second-order valence-electron chi connectivity index (χ2n) is 4.89. The fourth-order valence-corrected chi connectivity index (χ4v) is 2.42. The van der Waals surface area contributed by atoms with Gasteiger partial charge in [-0.25, -0.2) is 4.79 Å². The largest absolute Gasteiger partial charge is 0.459 e. The van der Waals surface area contributed by atoms with Gasteiger partial charge in [0.25, 0.3) is 0 Å². The lowest BCUT2D eigenvalue weighted by Crippen LogP contribution is -2.14. The fraction of sp³-hybridized carbons (Fsp3) is 0.250. The quantitative estimate of drug-likeness (QED) is 0.860. The standard InChI is InChI=1S/C16H17NO3S/c1-11(2)20-16(19)13-3-5-14(6-4-13)17-15(18)9-12-7-8-21-10-12/h3-8,10-11H,9H2,1-2H3,(H,17,18). The van der Waals surface area contributed by atoms with E-state index in [-0.39, 0.29) is 18.0 Å². The molecule has 0 bridgehead atoms. The molecule has 4 nitrogen and oxygen atoms in total. The second kappa shape index (κ2) is 7.04. The molecular weight excluding hydrogens is 286 g/mol. The molecule has 0 aliphatic rings. The van der Waals surface area contributed by atoms with E-state index < -0.39 is 0 Å². The van der Waals surface area contributed by atoms with E-state index in [0.29, 0.717) is 17.7 Å². The van der Waals surface area contributed by atoms with E-state index in [1.165, 1.54) is 0 Å². The van der Waals surface area contributed by atoms with Crippen molar-refractivity contribution in [2.24, 2.45) is 0 Å². The Balaban J connectivity index is 1.93. The highest BCUT2D eigenvalue weighted by Crippen LogP contribution is 2.13.